The monoisotopic (exact) mass is 416 g/mol. The van der Waals surface area contributed by atoms with Crippen molar-refractivity contribution in [2.75, 3.05) is 18.7 Å². The highest BCUT2D eigenvalue weighted by Gasteiger charge is 2.14. The smallest absolute Gasteiger partial charge is 0.257 e. The first-order valence-electron chi connectivity index (χ1n) is 8.44. The summed E-state index contributed by atoms with van der Waals surface area (Å²) in [6.45, 7) is 1.99. The number of methoxy groups -OCH3 is 1. The third-order valence-corrected chi connectivity index (χ3v) is 5.59. The van der Waals surface area contributed by atoms with Crippen molar-refractivity contribution in [3.8, 4) is 17.0 Å². The van der Waals surface area contributed by atoms with Gasteiger partial charge in [0.25, 0.3) is 5.91 Å². The zero-order valence-corrected chi connectivity index (χ0v) is 17.4. The molecule has 28 heavy (non-hydrogen) atoms. The molecule has 146 valence electrons. The number of ether oxygens (including phenoxy) is 1. The molecule has 1 amide bonds. The van der Waals surface area contributed by atoms with Gasteiger partial charge in [0.05, 0.1) is 18.6 Å². The number of nitrogens with zero attached hydrogens (tertiary/aromatic N) is 1. The summed E-state index contributed by atoms with van der Waals surface area (Å²) in [7, 11) is -1.57. The number of hydrogen-bond acceptors (Lipinski definition) is 6. The Morgan fingerprint density at radius 1 is 1.21 bits per heavy atom. The maximum atomic E-state index is 12.5. The zero-order chi connectivity index (χ0) is 20.3. The standard InChI is InChI=1S/C20H20N2O4S2/c1-13-7-8-18(26-2)16(9-13)17-11-27-20(21-17)22-19(23)15-6-4-5-14(10-15)12-28(3,24)25/h4-11H,12H2,1-3H3,(H,21,22,23). The molecule has 6 nitrogen and oxygen atoms in total. The van der Waals surface area contributed by atoms with Crippen molar-refractivity contribution in [3.63, 3.8) is 0 Å². The minimum atomic E-state index is -3.17. The maximum Gasteiger partial charge on any atom is 0.257 e. The quantitative estimate of drug-likeness (QED) is 0.658. The van der Waals surface area contributed by atoms with Crippen LogP contribution in [-0.2, 0) is 15.6 Å². The summed E-state index contributed by atoms with van der Waals surface area (Å²) in [6.07, 6.45) is 1.16. The normalized spacial score (nSPS) is 11.2. The Bertz CT molecular complexity index is 1120. The van der Waals surface area contributed by atoms with E-state index < -0.39 is 9.84 Å². The van der Waals surface area contributed by atoms with Crippen LogP contribution in [0.4, 0.5) is 5.13 Å². The van der Waals surface area contributed by atoms with Crippen LogP contribution in [0.15, 0.2) is 47.8 Å². The van der Waals surface area contributed by atoms with Gasteiger partial charge in [0.1, 0.15) is 5.75 Å². The molecule has 0 aliphatic heterocycles. The summed E-state index contributed by atoms with van der Waals surface area (Å²) in [5.41, 5.74) is 3.60. The predicted molar refractivity (Wildman–Crippen MR) is 112 cm³/mol. The average Bonchev–Trinajstić information content (AvgIpc) is 3.08. The van der Waals surface area contributed by atoms with Gasteiger partial charge in [-0.25, -0.2) is 13.4 Å². The summed E-state index contributed by atoms with van der Waals surface area (Å²) in [4.78, 5) is 17.0. The molecule has 0 radical (unpaired) electrons. The van der Waals surface area contributed by atoms with Crippen LogP contribution >= 0.6 is 11.3 Å². The van der Waals surface area contributed by atoms with Crippen molar-refractivity contribution in [3.05, 3.63) is 64.5 Å². The number of aryl methyl sites for hydroxylation is 1. The van der Waals surface area contributed by atoms with Gasteiger partial charge in [-0.2, -0.15) is 0 Å². The van der Waals surface area contributed by atoms with E-state index in [1.807, 2.05) is 30.5 Å². The third kappa shape index (κ3) is 4.96. The highest BCUT2D eigenvalue weighted by atomic mass is 32.2. The Morgan fingerprint density at radius 3 is 2.71 bits per heavy atom. The Hall–Kier alpha value is -2.71. The van der Waals surface area contributed by atoms with E-state index in [2.05, 4.69) is 10.3 Å². The second-order valence-electron chi connectivity index (χ2n) is 6.47. The summed E-state index contributed by atoms with van der Waals surface area (Å²) in [6, 6.07) is 12.4. The summed E-state index contributed by atoms with van der Waals surface area (Å²) in [5.74, 6) is 0.262. The number of amides is 1. The van der Waals surface area contributed by atoms with Crippen molar-refractivity contribution in [2.24, 2.45) is 0 Å². The number of carbonyl (C=O) groups is 1. The molecule has 0 saturated heterocycles. The molecule has 0 unspecified atom stereocenters. The fourth-order valence-electron chi connectivity index (χ4n) is 2.75. The summed E-state index contributed by atoms with van der Waals surface area (Å²) in [5, 5.41) is 5.08. The largest absolute Gasteiger partial charge is 0.496 e. The number of rotatable bonds is 6. The van der Waals surface area contributed by atoms with E-state index >= 15 is 0 Å². The lowest BCUT2D eigenvalue weighted by Gasteiger charge is -2.07. The van der Waals surface area contributed by atoms with Crippen LogP contribution in [-0.4, -0.2) is 32.7 Å². The van der Waals surface area contributed by atoms with Gasteiger partial charge in [0.2, 0.25) is 0 Å². The number of thiazole rings is 1. The van der Waals surface area contributed by atoms with Gasteiger partial charge in [-0.1, -0.05) is 23.8 Å². The molecule has 1 N–H and O–H groups in total. The molecule has 0 aliphatic carbocycles. The number of carbonyl (C=O) groups excluding carboxylic acids is 1. The van der Waals surface area contributed by atoms with E-state index in [9.17, 15) is 13.2 Å². The topological polar surface area (TPSA) is 85.4 Å². The molecule has 0 atom stereocenters. The molecular weight excluding hydrogens is 396 g/mol. The minimum Gasteiger partial charge on any atom is -0.496 e. The van der Waals surface area contributed by atoms with Crippen molar-refractivity contribution in [1.29, 1.82) is 0 Å². The van der Waals surface area contributed by atoms with Gasteiger partial charge in [-0.05, 0) is 36.8 Å². The van der Waals surface area contributed by atoms with Gasteiger partial charge >= 0.3 is 0 Å². The number of anilines is 1. The Balaban J connectivity index is 1.80. The average molecular weight is 417 g/mol. The summed E-state index contributed by atoms with van der Waals surface area (Å²) < 4.78 is 28.3. The third-order valence-electron chi connectivity index (χ3n) is 3.97. The number of sulfone groups is 1. The molecule has 3 aromatic rings. The predicted octanol–water partition coefficient (Wildman–Crippen LogP) is 3.92. The summed E-state index contributed by atoms with van der Waals surface area (Å²) >= 11 is 1.31. The van der Waals surface area contributed by atoms with Crippen molar-refractivity contribution in [2.45, 2.75) is 12.7 Å². The van der Waals surface area contributed by atoms with Crippen LogP contribution < -0.4 is 10.1 Å². The fourth-order valence-corrected chi connectivity index (χ4v) is 4.24. The fraction of sp³-hybridized carbons (Fsp3) is 0.200. The Morgan fingerprint density at radius 2 is 2.00 bits per heavy atom. The first kappa shape index (κ1) is 20.0. The Labute approximate surface area is 168 Å². The van der Waals surface area contributed by atoms with Crippen molar-refractivity contribution < 1.29 is 17.9 Å². The number of hydrogen-bond donors (Lipinski definition) is 1. The SMILES string of the molecule is COc1ccc(C)cc1-c1csc(NC(=O)c2cccc(CS(C)(=O)=O)c2)n1. The van der Waals surface area contributed by atoms with Crippen LogP contribution in [0.5, 0.6) is 5.75 Å². The Kier molecular flexibility index (Phi) is 5.81. The first-order chi connectivity index (χ1) is 13.2. The lowest BCUT2D eigenvalue weighted by atomic mass is 10.1. The molecule has 3 rings (SSSR count). The molecule has 1 heterocycles. The highest BCUT2D eigenvalue weighted by molar-refractivity contribution is 7.89. The zero-order valence-electron chi connectivity index (χ0n) is 15.7. The molecule has 2 aromatic carbocycles. The van der Waals surface area contributed by atoms with Crippen LogP contribution in [0.2, 0.25) is 0 Å². The van der Waals surface area contributed by atoms with E-state index in [0.717, 1.165) is 17.4 Å². The molecule has 0 saturated carbocycles. The van der Waals surface area contributed by atoms with Crippen LogP contribution in [0.3, 0.4) is 0 Å². The van der Waals surface area contributed by atoms with Gasteiger partial charge in [-0.15, -0.1) is 11.3 Å². The highest BCUT2D eigenvalue weighted by Crippen LogP contribution is 2.33. The maximum absolute atomic E-state index is 12.5. The van der Waals surface area contributed by atoms with E-state index in [0.29, 0.717) is 27.7 Å². The van der Waals surface area contributed by atoms with Crippen molar-refractivity contribution >= 4 is 32.2 Å². The van der Waals surface area contributed by atoms with Crippen LogP contribution in [0.1, 0.15) is 21.5 Å². The van der Waals surface area contributed by atoms with Crippen LogP contribution in [0, 0.1) is 6.92 Å². The molecule has 0 bridgehead atoms. The molecule has 8 heteroatoms. The minimum absolute atomic E-state index is 0.108. The van der Waals surface area contributed by atoms with E-state index in [-0.39, 0.29) is 11.7 Å². The first-order valence-corrected chi connectivity index (χ1v) is 11.4. The van der Waals surface area contributed by atoms with Crippen molar-refractivity contribution in [1.82, 2.24) is 4.98 Å². The van der Waals surface area contributed by atoms with E-state index in [1.54, 1.807) is 31.4 Å². The molecule has 1 aromatic heterocycles. The molecule has 0 aliphatic rings. The number of benzene rings is 2. The molecule has 0 spiro atoms. The molecular formula is C20H20N2O4S2. The lowest BCUT2D eigenvalue weighted by molar-refractivity contribution is 0.102. The van der Waals surface area contributed by atoms with Crippen LogP contribution in [0.25, 0.3) is 11.3 Å². The lowest BCUT2D eigenvalue weighted by Crippen LogP contribution is -2.12. The van der Waals surface area contributed by atoms with Gasteiger partial charge in [0, 0.05) is 22.8 Å². The van der Waals surface area contributed by atoms with Gasteiger partial charge in [-0.3, -0.25) is 10.1 Å². The second kappa shape index (κ2) is 8.12. The van der Waals surface area contributed by atoms with Gasteiger partial charge in [0.15, 0.2) is 15.0 Å². The van der Waals surface area contributed by atoms with E-state index in [4.69, 9.17) is 4.74 Å². The number of aromatic nitrogens is 1. The molecule has 0 fully saturated rings. The van der Waals surface area contributed by atoms with E-state index in [1.165, 1.54) is 11.3 Å². The number of nitrogens with one attached hydrogen (secondary N) is 1. The van der Waals surface area contributed by atoms with Gasteiger partial charge < -0.3 is 4.74 Å². The second-order valence-corrected chi connectivity index (χ2v) is 9.46.